The van der Waals surface area contributed by atoms with Gasteiger partial charge in [-0.2, -0.15) is 0 Å². The molecule has 5 rings (SSSR count). The van der Waals surface area contributed by atoms with E-state index < -0.39 is 0 Å². The van der Waals surface area contributed by atoms with Crippen LogP contribution in [0, 0.1) is 0 Å². The van der Waals surface area contributed by atoms with Crippen molar-refractivity contribution < 1.29 is 9.59 Å². The molecule has 2 unspecified atom stereocenters. The van der Waals surface area contributed by atoms with Crippen molar-refractivity contribution in [3.63, 3.8) is 0 Å². The van der Waals surface area contributed by atoms with Gasteiger partial charge in [0.15, 0.2) is 12.6 Å². The Morgan fingerprint density at radius 3 is 1.55 bits per heavy atom. The lowest BCUT2D eigenvalue weighted by atomic mass is 9.92. The van der Waals surface area contributed by atoms with E-state index in [1.165, 1.54) is 22.7 Å². The van der Waals surface area contributed by atoms with Crippen molar-refractivity contribution in [1.82, 2.24) is 9.97 Å². The van der Waals surface area contributed by atoms with Gasteiger partial charge in [0, 0.05) is 57.9 Å². The summed E-state index contributed by atoms with van der Waals surface area (Å²) in [6.45, 7) is 0. The number of carbonyl (C=O) groups excluding carboxylic acids is 2. The molecular formula is C27H24N2O2S2. The number of aromatic nitrogens is 2. The minimum atomic E-state index is 0.456. The highest BCUT2D eigenvalue weighted by Gasteiger charge is 2.23. The summed E-state index contributed by atoms with van der Waals surface area (Å²) in [5.41, 5.74) is 6.22. The molecule has 2 atom stereocenters. The second-order valence-electron chi connectivity index (χ2n) is 8.48. The van der Waals surface area contributed by atoms with Crippen LogP contribution in [0.3, 0.4) is 0 Å². The number of carbonyl (C=O) groups is 2. The minimum Gasteiger partial charge on any atom is -0.297 e. The molecule has 4 aromatic heterocycles. The molecule has 0 saturated heterocycles. The van der Waals surface area contributed by atoms with Crippen LogP contribution < -0.4 is 0 Å². The van der Waals surface area contributed by atoms with Gasteiger partial charge < -0.3 is 0 Å². The fourth-order valence-corrected chi connectivity index (χ4v) is 6.25. The predicted molar refractivity (Wildman–Crippen MR) is 134 cm³/mol. The van der Waals surface area contributed by atoms with Crippen LogP contribution in [-0.4, -0.2) is 22.5 Å². The zero-order chi connectivity index (χ0) is 22.6. The maximum absolute atomic E-state index is 11.2. The largest absolute Gasteiger partial charge is 0.297 e. The van der Waals surface area contributed by atoms with Crippen LogP contribution in [0.15, 0.2) is 59.6 Å². The Bertz CT molecular complexity index is 1140. The molecule has 1 aliphatic carbocycles. The van der Waals surface area contributed by atoms with Crippen LogP contribution in [0.1, 0.15) is 74.7 Å². The number of rotatable bonds is 6. The van der Waals surface area contributed by atoms with E-state index >= 15 is 0 Å². The van der Waals surface area contributed by atoms with Gasteiger partial charge in [-0.05, 0) is 60.7 Å². The Morgan fingerprint density at radius 2 is 1.15 bits per heavy atom. The maximum Gasteiger partial charge on any atom is 0.160 e. The second kappa shape index (κ2) is 9.89. The first kappa shape index (κ1) is 21.9. The van der Waals surface area contributed by atoms with Crippen molar-refractivity contribution in [2.45, 2.75) is 43.9 Å². The Morgan fingerprint density at radius 1 is 0.667 bits per heavy atom. The molecule has 166 valence electrons. The highest BCUT2D eigenvalue weighted by Crippen LogP contribution is 2.38. The lowest BCUT2D eigenvalue weighted by Gasteiger charge is -2.15. The van der Waals surface area contributed by atoms with Gasteiger partial charge in [-0.1, -0.05) is 18.6 Å². The molecule has 0 bridgehead atoms. The quantitative estimate of drug-likeness (QED) is 0.217. The monoisotopic (exact) mass is 472 g/mol. The summed E-state index contributed by atoms with van der Waals surface area (Å²) in [5.74, 6) is 0.912. The van der Waals surface area contributed by atoms with Crippen molar-refractivity contribution in [3.05, 3.63) is 80.7 Å². The molecule has 33 heavy (non-hydrogen) atoms. The van der Waals surface area contributed by atoms with Crippen molar-refractivity contribution in [2.24, 2.45) is 0 Å². The fourth-order valence-electron chi connectivity index (χ4n) is 4.81. The molecule has 0 aliphatic heterocycles. The van der Waals surface area contributed by atoms with E-state index in [1.807, 2.05) is 35.3 Å². The van der Waals surface area contributed by atoms with E-state index in [4.69, 9.17) is 9.97 Å². The Hall–Kier alpha value is -2.96. The predicted octanol–water partition coefficient (Wildman–Crippen LogP) is 7.39. The molecule has 1 aliphatic rings. The smallest absolute Gasteiger partial charge is 0.160 e. The van der Waals surface area contributed by atoms with Gasteiger partial charge in [-0.25, -0.2) is 0 Å². The first-order valence-corrected chi connectivity index (χ1v) is 13.0. The van der Waals surface area contributed by atoms with Crippen LogP contribution >= 0.6 is 22.7 Å². The number of hydrogen-bond donors (Lipinski definition) is 0. The number of aldehydes is 2. The zero-order valence-corrected chi connectivity index (χ0v) is 19.8. The van der Waals surface area contributed by atoms with Crippen LogP contribution in [0.4, 0.5) is 0 Å². The third-order valence-corrected chi connectivity index (χ3v) is 8.29. The van der Waals surface area contributed by atoms with Gasteiger partial charge in [0.05, 0.1) is 9.75 Å². The molecule has 0 spiro atoms. The molecular weight excluding hydrogens is 448 g/mol. The third kappa shape index (κ3) is 4.59. The summed E-state index contributed by atoms with van der Waals surface area (Å²) in [4.78, 5) is 33.5. The third-order valence-electron chi connectivity index (χ3n) is 6.60. The summed E-state index contributed by atoms with van der Waals surface area (Å²) in [7, 11) is 0. The number of pyridine rings is 2. The number of thiophene rings is 2. The van der Waals surface area contributed by atoms with E-state index in [0.717, 1.165) is 88.1 Å². The summed E-state index contributed by atoms with van der Waals surface area (Å²) in [6.07, 6.45) is 11.3. The summed E-state index contributed by atoms with van der Waals surface area (Å²) in [6, 6.07) is 12.4. The van der Waals surface area contributed by atoms with Crippen molar-refractivity contribution >= 4 is 35.2 Å². The normalized spacial score (nSPS) is 18.5. The van der Waals surface area contributed by atoms with Gasteiger partial charge >= 0.3 is 0 Å². The SMILES string of the molecule is O=Cc1sccc1-c1ccc(C2CCCC(c3ccc(-c4ccsc4C=O)cn3)CC2)nc1. The Kier molecular flexibility index (Phi) is 6.55. The lowest BCUT2D eigenvalue weighted by molar-refractivity contribution is 0.111. The molecule has 4 aromatic rings. The van der Waals surface area contributed by atoms with E-state index in [2.05, 4.69) is 24.3 Å². The lowest BCUT2D eigenvalue weighted by Crippen LogP contribution is -2.02. The maximum atomic E-state index is 11.2. The van der Waals surface area contributed by atoms with E-state index in [-0.39, 0.29) is 0 Å². The molecule has 4 heterocycles. The van der Waals surface area contributed by atoms with Crippen molar-refractivity contribution in [3.8, 4) is 22.3 Å². The number of nitrogens with zero attached hydrogens (tertiary/aromatic N) is 2. The molecule has 1 fully saturated rings. The zero-order valence-electron chi connectivity index (χ0n) is 18.1. The van der Waals surface area contributed by atoms with Crippen LogP contribution in [-0.2, 0) is 0 Å². The molecule has 0 N–H and O–H groups in total. The average molecular weight is 473 g/mol. The van der Waals surface area contributed by atoms with Gasteiger partial charge in [0.1, 0.15) is 0 Å². The van der Waals surface area contributed by atoms with E-state index in [0.29, 0.717) is 11.8 Å². The molecule has 4 nitrogen and oxygen atoms in total. The number of hydrogen-bond acceptors (Lipinski definition) is 6. The minimum absolute atomic E-state index is 0.456. The second-order valence-corrected chi connectivity index (χ2v) is 10.4. The van der Waals surface area contributed by atoms with Crippen LogP contribution in [0.25, 0.3) is 22.3 Å². The van der Waals surface area contributed by atoms with Crippen molar-refractivity contribution in [1.29, 1.82) is 0 Å². The molecule has 1 saturated carbocycles. The highest BCUT2D eigenvalue weighted by molar-refractivity contribution is 7.12. The molecule has 0 aromatic carbocycles. The van der Waals surface area contributed by atoms with Crippen LogP contribution in [0.5, 0.6) is 0 Å². The molecule has 6 heteroatoms. The highest BCUT2D eigenvalue weighted by atomic mass is 32.1. The Balaban J connectivity index is 1.26. The van der Waals surface area contributed by atoms with Crippen molar-refractivity contribution in [2.75, 3.05) is 0 Å². The van der Waals surface area contributed by atoms with Crippen LogP contribution in [0.2, 0.25) is 0 Å². The van der Waals surface area contributed by atoms with E-state index in [1.54, 1.807) is 0 Å². The molecule has 0 radical (unpaired) electrons. The Labute approximate surface area is 201 Å². The standard InChI is InChI=1S/C27H24N2O2S2/c30-16-26-22(10-12-32-26)20-6-8-24(28-14-20)18-2-1-3-19(5-4-18)25-9-7-21(15-29-25)23-11-13-33-27(23)17-31/h6-19H,1-5H2. The summed E-state index contributed by atoms with van der Waals surface area (Å²) in [5, 5.41) is 3.89. The van der Waals surface area contributed by atoms with E-state index in [9.17, 15) is 9.59 Å². The summed E-state index contributed by atoms with van der Waals surface area (Å²) >= 11 is 2.93. The van der Waals surface area contributed by atoms with Gasteiger partial charge in [-0.3, -0.25) is 19.6 Å². The van der Waals surface area contributed by atoms with Gasteiger partial charge in [0.2, 0.25) is 0 Å². The topological polar surface area (TPSA) is 59.9 Å². The molecule has 0 amide bonds. The first-order valence-electron chi connectivity index (χ1n) is 11.2. The van der Waals surface area contributed by atoms with Gasteiger partial charge in [0.25, 0.3) is 0 Å². The first-order chi connectivity index (χ1) is 16.3. The van der Waals surface area contributed by atoms with Gasteiger partial charge in [-0.15, -0.1) is 22.7 Å². The summed E-state index contributed by atoms with van der Waals surface area (Å²) < 4.78 is 0. The average Bonchev–Trinajstić information content (AvgIpc) is 3.48. The fraction of sp³-hybridized carbons (Fsp3) is 0.259.